The van der Waals surface area contributed by atoms with Crippen LogP contribution in [0.1, 0.15) is 50.7 Å². The van der Waals surface area contributed by atoms with Crippen molar-refractivity contribution in [1.82, 2.24) is 19.5 Å². The molecule has 6 heteroatoms. The van der Waals surface area contributed by atoms with Crippen LogP contribution in [-0.4, -0.2) is 49.8 Å². The average Bonchev–Trinajstić information content (AvgIpc) is 3.50. The van der Waals surface area contributed by atoms with Crippen molar-refractivity contribution in [3.63, 3.8) is 0 Å². The van der Waals surface area contributed by atoms with E-state index >= 15 is 0 Å². The van der Waals surface area contributed by atoms with E-state index in [1.807, 2.05) is 47.4 Å². The van der Waals surface area contributed by atoms with Gasteiger partial charge in [0.1, 0.15) is 11.4 Å². The number of aliphatic hydroxyl groups excluding tert-OH is 1. The van der Waals surface area contributed by atoms with E-state index in [4.69, 9.17) is 9.72 Å². The van der Waals surface area contributed by atoms with Crippen molar-refractivity contribution in [2.24, 2.45) is 0 Å². The first-order valence-electron chi connectivity index (χ1n) is 12.7. The van der Waals surface area contributed by atoms with Crippen molar-refractivity contribution in [2.75, 3.05) is 19.6 Å². The normalized spacial score (nSPS) is 18.5. The molecule has 6 nitrogen and oxygen atoms in total. The molecule has 0 spiro atoms. The van der Waals surface area contributed by atoms with E-state index in [1.54, 1.807) is 6.92 Å². The molecule has 6 rings (SSSR count). The van der Waals surface area contributed by atoms with Crippen LogP contribution in [0.4, 0.5) is 0 Å². The molecule has 1 saturated heterocycles. The number of benzene rings is 2. The van der Waals surface area contributed by atoms with E-state index in [9.17, 15) is 5.11 Å². The van der Waals surface area contributed by atoms with Crippen LogP contribution < -0.4 is 4.74 Å². The molecular formula is C29H32N4O2. The van der Waals surface area contributed by atoms with Crippen LogP contribution in [-0.2, 0) is 0 Å². The molecule has 4 aromatic rings. The Morgan fingerprint density at radius 3 is 2.51 bits per heavy atom. The molecule has 1 saturated carbocycles. The highest BCUT2D eigenvalue weighted by Gasteiger charge is 2.46. The van der Waals surface area contributed by atoms with E-state index in [0.717, 1.165) is 58.6 Å². The Kier molecular flexibility index (Phi) is 5.78. The average molecular weight is 469 g/mol. The van der Waals surface area contributed by atoms with E-state index in [-0.39, 0.29) is 5.60 Å². The van der Waals surface area contributed by atoms with Gasteiger partial charge >= 0.3 is 0 Å². The first kappa shape index (κ1) is 22.3. The van der Waals surface area contributed by atoms with Crippen LogP contribution in [0.5, 0.6) is 5.75 Å². The standard InChI is InChI=1S/C29H32N4O2/c1-21(34)23-6-5-7-24(16-23)27-18-31-33-19-25(17-30-28(27)33)22-8-10-26(11-9-22)35-29(12-13-29)20-32-14-3-2-4-15-32/h5-11,16-19,21,34H,2-4,12-15,20H2,1H3. The lowest BCUT2D eigenvalue weighted by atomic mass is 10.0. The minimum Gasteiger partial charge on any atom is -0.486 e. The predicted octanol–water partition coefficient (Wildman–Crippen LogP) is 5.51. The number of rotatable bonds is 7. The largest absolute Gasteiger partial charge is 0.486 e. The lowest BCUT2D eigenvalue weighted by Crippen LogP contribution is -2.40. The molecule has 2 fully saturated rings. The van der Waals surface area contributed by atoms with Gasteiger partial charge in [0.25, 0.3) is 0 Å². The van der Waals surface area contributed by atoms with Gasteiger partial charge in [-0.3, -0.25) is 4.90 Å². The fourth-order valence-corrected chi connectivity index (χ4v) is 5.12. The van der Waals surface area contributed by atoms with Crippen LogP contribution >= 0.6 is 0 Å². The molecule has 1 unspecified atom stereocenters. The second kappa shape index (κ2) is 9.10. The van der Waals surface area contributed by atoms with Gasteiger partial charge in [0.2, 0.25) is 0 Å². The van der Waals surface area contributed by atoms with Crippen molar-refractivity contribution < 1.29 is 9.84 Å². The summed E-state index contributed by atoms with van der Waals surface area (Å²) < 4.78 is 8.28. The summed E-state index contributed by atoms with van der Waals surface area (Å²) in [7, 11) is 0. The van der Waals surface area contributed by atoms with Crippen LogP contribution in [0, 0.1) is 0 Å². The van der Waals surface area contributed by atoms with Gasteiger partial charge in [0.05, 0.1) is 12.3 Å². The number of likely N-dealkylation sites (tertiary alicyclic amines) is 1. The zero-order valence-corrected chi connectivity index (χ0v) is 20.2. The summed E-state index contributed by atoms with van der Waals surface area (Å²) in [5.41, 5.74) is 5.72. The highest BCUT2D eigenvalue weighted by molar-refractivity contribution is 5.78. The summed E-state index contributed by atoms with van der Waals surface area (Å²) in [6.45, 7) is 5.24. The third kappa shape index (κ3) is 4.68. The molecule has 1 atom stereocenters. The van der Waals surface area contributed by atoms with E-state index in [0.29, 0.717) is 0 Å². The van der Waals surface area contributed by atoms with Gasteiger partial charge in [-0.05, 0) is 80.6 Å². The number of fused-ring (bicyclic) bond motifs is 1. The summed E-state index contributed by atoms with van der Waals surface area (Å²) >= 11 is 0. The second-order valence-corrected chi connectivity index (χ2v) is 10.1. The third-order valence-corrected chi connectivity index (χ3v) is 7.33. The molecule has 2 aliphatic rings. The second-order valence-electron chi connectivity index (χ2n) is 10.1. The fraction of sp³-hybridized carbons (Fsp3) is 0.379. The summed E-state index contributed by atoms with van der Waals surface area (Å²) in [4.78, 5) is 7.30. The summed E-state index contributed by atoms with van der Waals surface area (Å²) in [5, 5.41) is 14.5. The highest BCUT2D eigenvalue weighted by Crippen LogP contribution is 2.41. The van der Waals surface area contributed by atoms with Gasteiger partial charge in [-0.1, -0.05) is 36.8 Å². The Morgan fingerprint density at radius 2 is 1.77 bits per heavy atom. The zero-order chi connectivity index (χ0) is 23.8. The maximum atomic E-state index is 9.93. The van der Waals surface area contributed by atoms with Gasteiger partial charge in [-0.25, -0.2) is 9.50 Å². The topological polar surface area (TPSA) is 62.9 Å². The first-order valence-corrected chi connectivity index (χ1v) is 12.7. The molecule has 2 aromatic carbocycles. The number of hydrogen-bond donors (Lipinski definition) is 1. The van der Waals surface area contributed by atoms with E-state index in [2.05, 4.69) is 34.3 Å². The van der Waals surface area contributed by atoms with Crippen molar-refractivity contribution in [1.29, 1.82) is 0 Å². The molecule has 1 N–H and O–H groups in total. The Bertz CT molecular complexity index is 1320. The van der Waals surface area contributed by atoms with Gasteiger partial charge in [0, 0.05) is 30.1 Å². The molecule has 1 aliphatic carbocycles. The molecule has 35 heavy (non-hydrogen) atoms. The molecule has 2 aromatic heterocycles. The van der Waals surface area contributed by atoms with Gasteiger partial charge in [0.15, 0.2) is 5.65 Å². The molecule has 0 radical (unpaired) electrons. The SMILES string of the molecule is CC(O)c1cccc(-c2cnn3cc(-c4ccc(OC5(CN6CCCCC6)CC5)cc4)cnc23)c1. The fourth-order valence-electron chi connectivity index (χ4n) is 5.12. The zero-order valence-electron chi connectivity index (χ0n) is 20.2. The molecule has 3 heterocycles. The Labute approximate surface area is 206 Å². The summed E-state index contributed by atoms with van der Waals surface area (Å²) in [6.07, 6.45) is 11.5. The van der Waals surface area contributed by atoms with Crippen molar-refractivity contribution in [3.8, 4) is 28.0 Å². The Morgan fingerprint density at radius 1 is 0.971 bits per heavy atom. The molecular weight excluding hydrogens is 436 g/mol. The number of piperidine rings is 1. The van der Waals surface area contributed by atoms with E-state index in [1.165, 1.54) is 32.4 Å². The maximum absolute atomic E-state index is 9.93. The Balaban J connectivity index is 1.19. The number of hydrogen-bond acceptors (Lipinski definition) is 5. The number of ether oxygens (including phenoxy) is 1. The lowest BCUT2D eigenvalue weighted by Gasteiger charge is -2.30. The van der Waals surface area contributed by atoms with Crippen LogP contribution in [0.2, 0.25) is 0 Å². The molecule has 0 amide bonds. The third-order valence-electron chi connectivity index (χ3n) is 7.33. The minimum absolute atomic E-state index is 0.00983. The van der Waals surface area contributed by atoms with Crippen LogP contribution in [0.25, 0.3) is 27.9 Å². The van der Waals surface area contributed by atoms with Crippen molar-refractivity contribution >= 4 is 5.65 Å². The first-order chi connectivity index (χ1) is 17.1. The van der Waals surface area contributed by atoms with Crippen LogP contribution in [0.3, 0.4) is 0 Å². The number of aliphatic hydroxyl groups is 1. The van der Waals surface area contributed by atoms with Gasteiger partial charge in [-0.15, -0.1) is 0 Å². The summed E-state index contributed by atoms with van der Waals surface area (Å²) in [6, 6.07) is 16.3. The highest BCUT2D eigenvalue weighted by atomic mass is 16.5. The molecule has 180 valence electrons. The maximum Gasteiger partial charge on any atom is 0.162 e. The minimum atomic E-state index is -0.511. The van der Waals surface area contributed by atoms with Gasteiger partial charge in [-0.2, -0.15) is 5.10 Å². The number of aromatic nitrogens is 3. The Hall–Kier alpha value is -3.22. The lowest BCUT2D eigenvalue weighted by molar-refractivity contribution is 0.101. The van der Waals surface area contributed by atoms with E-state index < -0.39 is 6.10 Å². The number of nitrogens with zero attached hydrogens (tertiary/aromatic N) is 4. The summed E-state index contributed by atoms with van der Waals surface area (Å²) in [5.74, 6) is 0.941. The molecule has 1 aliphatic heterocycles. The van der Waals surface area contributed by atoms with Crippen LogP contribution in [0.15, 0.2) is 67.1 Å². The quantitative estimate of drug-likeness (QED) is 0.387. The smallest absolute Gasteiger partial charge is 0.162 e. The van der Waals surface area contributed by atoms with Crippen molar-refractivity contribution in [2.45, 2.75) is 50.7 Å². The van der Waals surface area contributed by atoms with Gasteiger partial charge < -0.3 is 9.84 Å². The van der Waals surface area contributed by atoms with Crippen molar-refractivity contribution in [3.05, 3.63) is 72.7 Å². The monoisotopic (exact) mass is 468 g/mol. The molecule has 0 bridgehead atoms. The predicted molar refractivity (Wildman–Crippen MR) is 137 cm³/mol.